The minimum atomic E-state index is -0.518. The van der Waals surface area contributed by atoms with E-state index in [-0.39, 0.29) is 28.1 Å². The highest BCUT2D eigenvalue weighted by Crippen LogP contribution is 2.36. The molecular weight excluding hydrogens is 1380 g/mol. The SMILES string of the molecule is COc1ccc(Cl)cc1CSc1[nH]c(=O)c(C#N)c2ccc(F)cc12.Cc1ccc(C#N)cc1CSc1[nH]c(=O)c(C#N)c2ccc(F)cc12.Cc1ccc(Cl)cc1CSc1[nH]c(=O)c(C#N)c2ccc(F)cc12.Cc1ccc(F)cc1CSc1[nH]c(=O)c(C#N)c2ccc(F)cc12. The van der Waals surface area contributed by atoms with Crippen LogP contribution in [0.25, 0.3) is 43.1 Å². The van der Waals surface area contributed by atoms with Crippen LogP contribution in [-0.2, 0) is 23.0 Å². The Bertz CT molecular complexity index is 5350. The van der Waals surface area contributed by atoms with E-state index in [1.165, 1.54) is 132 Å². The average Bonchev–Trinajstić information content (AvgIpc) is 0.802. The highest BCUT2D eigenvalue weighted by atomic mass is 35.5. The summed E-state index contributed by atoms with van der Waals surface area (Å²) >= 11 is 17.4. The molecular formula is C73H48Cl2F5N9O5S4. The molecule has 14 nitrogen and oxygen atoms in total. The number of fused-ring (bicyclic) bond motifs is 4. The number of aryl methyl sites for hydroxylation is 3. The molecule has 488 valence electrons. The van der Waals surface area contributed by atoms with E-state index in [2.05, 4.69) is 26.0 Å². The van der Waals surface area contributed by atoms with E-state index < -0.39 is 45.5 Å². The van der Waals surface area contributed by atoms with Crippen molar-refractivity contribution in [2.45, 2.75) is 63.9 Å². The van der Waals surface area contributed by atoms with Crippen LogP contribution < -0.4 is 27.0 Å². The highest BCUT2D eigenvalue weighted by molar-refractivity contribution is 7.99. The second-order valence-corrected chi connectivity index (χ2v) is 26.2. The molecule has 98 heavy (non-hydrogen) atoms. The molecule has 0 aliphatic carbocycles. The number of hydrogen-bond donors (Lipinski definition) is 4. The zero-order chi connectivity index (χ0) is 70.5. The van der Waals surface area contributed by atoms with Gasteiger partial charge < -0.3 is 24.7 Å². The molecule has 4 heterocycles. The van der Waals surface area contributed by atoms with Gasteiger partial charge in [-0.25, -0.2) is 22.0 Å². The lowest BCUT2D eigenvalue weighted by atomic mass is 10.1. The summed E-state index contributed by atoms with van der Waals surface area (Å²) in [4.78, 5) is 59.0. The zero-order valence-corrected chi connectivity index (χ0v) is 56.5. The number of thioether (sulfide) groups is 4. The van der Waals surface area contributed by atoms with E-state index >= 15 is 0 Å². The first-order valence-electron chi connectivity index (χ1n) is 28.9. The molecule has 0 amide bonds. The number of ether oxygens (including phenoxy) is 1. The van der Waals surface area contributed by atoms with Gasteiger partial charge in [-0.15, -0.1) is 47.0 Å². The molecule has 0 unspecified atom stereocenters. The Balaban J connectivity index is 0.000000153. The lowest BCUT2D eigenvalue weighted by Gasteiger charge is -2.11. The van der Waals surface area contributed by atoms with Crippen molar-refractivity contribution in [3.63, 3.8) is 0 Å². The van der Waals surface area contributed by atoms with Crippen LogP contribution in [0.3, 0.4) is 0 Å². The van der Waals surface area contributed by atoms with Crippen LogP contribution in [0.15, 0.2) is 185 Å². The third kappa shape index (κ3) is 17.0. The second kappa shape index (κ2) is 32.5. The van der Waals surface area contributed by atoms with Gasteiger partial charge in [0, 0.05) is 81.7 Å². The van der Waals surface area contributed by atoms with Gasteiger partial charge in [0.1, 0.15) is 81.4 Å². The van der Waals surface area contributed by atoms with Crippen molar-refractivity contribution < 1.29 is 26.7 Å². The van der Waals surface area contributed by atoms with E-state index in [0.29, 0.717) is 108 Å². The number of H-pyrrole nitrogens is 4. The molecule has 4 aromatic heterocycles. The van der Waals surface area contributed by atoms with Crippen molar-refractivity contribution in [3.8, 4) is 36.1 Å². The van der Waals surface area contributed by atoms with Gasteiger partial charge >= 0.3 is 0 Å². The Kier molecular flexibility index (Phi) is 23.8. The molecule has 0 aliphatic heterocycles. The molecule has 0 saturated heterocycles. The molecule has 12 rings (SSSR count). The third-order valence-electron chi connectivity index (χ3n) is 15.1. The first-order valence-corrected chi connectivity index (χ1v) is 33.6. The van der Waals surface area contributed by atoms with E-state index in [4.69, 9.17) is 43.7 Å². The maximum absolute atomic E-state index is 13.7. The minimum Gasteiger partial charge on any atom is -0.496 e. The quantitative estimate of drug-likeness (QED) is 0.0618. The number of halogens is 7. The van der Waals surface area contributed by atoms with Crippen molar-refractivity contribution in [2.75, 3.05) is 7.11 Å². The standard InChI is InChI=1S/C19H12FN3OS.C18H12ClFN2O2S.C18H12ClFN2OS.C18H12F2N2OS/c1-11-2-3-12(8-21)6-13(11)10-25-19-16-7-14(20)4-5-15(16)17(9-22)18(24)23-19;1-24-16-5-2-11(19)6-10(16)9-25-18-14-7-12(20)3-4-13(14)15(8-21)17(23)22-18;2*1-10-2-3-12(19)6-11(10)9-24-18-15-7-13(20)4-5-14(15)16(8-21)17(23)22-18/h2-7H,10H2,1H3,(H,23,24);2-7H,9H2,1H3,(H,22,23);2*2-7H,9H2,1H3,(H,22,23). The van der Waals surface area contributed by atoms with Crippen molar-refractivity contribution >= 4 is 113 Å². The molecule has 12 aromatic rings. The summed E-state index contributed by atoms with van der Waals surface area (Å²) in [7, 11) is 1.56. The smallest absolute Gasteiger partial charge is 0.267 e. The maximum atomic E-state index is 13.7. The number of nitriles is 5. The topological polar surface area (TPSA) is 260 Å². The summed E-state index contributed by atoms with van der Waals surface area (Å²) in [5.41, 5.74) is 5.12. The van der Waals surface area contributed by atoms with Crippen LogP contribution in [0, 0.1) is 107 Å². The summed E-state index contributed by atoms with van der Waals surface area (Å²) in [5.74, 6) is 0.534. The predicted molar refractivity (Wildman–Crippen MR) is 376 cm³/mol. The Morgan fingerprint density at radius 3 is 0.990 bits per heavy atom. The number of nitrogens with zero attached hydrogens (tertiary/aromatic N) is 5. The van der Waals surface area contributed by atoms with E-state index in [9.17, 15) is 51.7 Å². The fourth-order valence-electron chi connectivity index (χ4n) is 9.96. The van der Waals surface area contributed by atoms with Crippen LogP contribution >= 0.6 is 70.2 Å². The Morgan fingerprint density at radius 1 is 0.357 bits per heavy atom. The van der Waals surface area contributed by atoms with Gasteiger partial charge in [0.15, 0.2) is 0 Å². The number of aromatic nitrogens is 4. The molecule has 8 aromatic carbocycles. The van der Waals surface area contributed by atoms with Crippen molar-refractivity contribution in [1.29, 1.82) is 26.3 Å². The van der Waals surface area contributed by atoms with Gasteiger partial charge in [-0.1, -0.05) is 41.4 Å². The van der Waals surface area contributed by atoms with Gasteiger partial charge in [0.05, 0.1) is 38.8 Å². The van der Waals surface area contributed by atoms with Gasteiger partial charge in [0.2, 0.25) is 0 Å². The fraction of sp³-hybridized carbons (Fsp3) is 0.110. The fourth-order valence-corrected chi connectivity index (χ4v) is 14.7. The first-order chi connectivity index (χ1) is 47.0. The number of methoxy groups -OCH3 is 1. The van der Waals surface area contributed by atoms with Crippen molar-refractivity contribution in [3.05, 3.63) is 293 Å². The molecule has 0 radical (unpaired) electrons. The first kappa shape index (κ1) is 71.8. The Morgan fingerprint density at radius 2 is 0.643 bits per heavy atom. The zero-order valence-electron chi connectivity index (χ0n) is 51.7. The van der Waals surface area contributed by atoms with E-state index in [1.807, 2.05) is 69.3 Å². The van der Waals surface area contributed by atoms with Crippen LogP contribution in [0.4, 0.5) is 22.0 Å². The number of rotatable bonds is 13. The van der Waals surface area contributed by atoms with Crippen LogP contribution in [-0.4, -0.2) is 27.0 Å². The largest absolute Gasteiger partial charge is 0.496 e. The molecule has 0 saturated carbocycles. The van der Waals surface area contributed by atoms with Crippen molar-refractivity contribution in [1.82, 2.24) is 19.9 Å². The van der Waals surface area contributed by atoms with Gasteiger partial charge in [0.25, 0.3) is 22.2 Å². The van der Waals surface area contributed by atoms with Crippen molar-refractivity contribution in [2.24, 2.45) is 0 Å². The predicted octanol–water partition coefficient (Wildman–Crippen LogP) is 17.6. The summed E-state index contributed by atoms with van der Waals surface area (Å²) in [6.07, 6.45) is 0. The maximum Gasteiger partial charge on any atom is 0.267 e. The number of aromatic amines is 4. The lowest BCUT2D eigenvalue weighted by Crippen LogP contribution is -2.12. The van der Waals surface area contributed by atoms with Gasteiger partial charge in [-0.05, 0) is 182 Å². The van der Waals surface area contributed by atoms with E-state index in [1.54, 1.807) is 43.5 Å². The number of benzene rings is 8. The third-order valence-corrected chi connectivity index (χ3v) is 19.8. The summed E-state index contributed by atoms with van der Waals surface area (Å²) in [5, 5.41) is 52.6. The van der Waals surface area contributed by atoms with Crippen LogP contribution in [0.5, 0.6) is 5.75 Å². The van der Waals surface area contributed by atoms with Gasteiger partial charge in [-0.3, -0.25) is 19.2 Å². The molecule has 0 aliphatic rings. The molecule has 4 N–H and O–H groups in total. The van der Waals surface area contributed by atoms with Crippen LogP contribution in [0.1, 0.15) is 66.8 Å². The lowest BCUT2D eigenvalue weighted by molar-refractivity contribution is 0.411. The second-order valence-electron chi connectivity index (χ2n) is 21.3. The molecule has 0 spiro atoms. The summed E-state index contributed by atoms with van der Waals surface area (Å²) in [6, 6.07) is 46.3. The van der Waals surface area contributed by atoms with Gasteiger partial charge in [-0.2, -0.15) is 26.3 Å². The molecule has 25 heteroatoms. The van der Waals surface area contributed by atoms with E-state index in [0.717, 1.165) is 38.9 Å². The molecule has 0 fully saturated rings. The monoisotopic (exact) mass is 1420 g/mol. The Labute approximate surface area is 582 Å². The minimum absolute atomic E-state index is 0.00622. The number of hydrogen-bond acceptors (Lipinski definition) is 14. The van der Waals surface area contributed by atoms with Crippen LogP contribution in [0.2, 0.25) is 10.0 Å². The number of nitrogens with one attached hydrogen (secondary N) is 4. The summed E-state index contributed by atoms with van der Waals surface area (Å²) in [6.45, 7) is 5.79. The normalized spacial score (nSPS) is 10.6. The molecule has 0 bridgehead atoms. The number of pyridine rings is 4. The molecule has 0 atom stereocenters. The highest BCUT2D eigenvalue weighted by Gasteiger charge is 2.18. The average molecular weight is 1430 g/mol. The Hall–Kier alpha value is -10.5. The summed E-state index contributed by atoms with van der Waals surface area (Å²) < 4.78 is 73.3.